The number of benzene rings is 2. The van der Waals surface area contributed by atoms with E-state index in [1.807, 2.05) is 6.92 Å². The molecule has 0 aliphatic carbocycles. The van der Waals surface area contributed by atoms with Gasteiger partial charge >= 0.3 is 0 Å². The van der Waals surface area contributed by atoms with Crippen molar-refractivity contribution in [2.75, 3.05) is 10.6 Å². The van der Waals surface area contributed by atoms with Crippen LogP contribution in [0.1, 0.15) is 35.9 Å². The van der Waals surface area contributed by atoms with Crippen molar-refractivity contribution in [1.29, 1.82) is 0 Å². The van der Waals surface area contributed by atoms with E-state index < -0.39 is 10.8 Å². The van der Waals surface area contributed by atoms with Gasteiger partial charge in [0.2, 0.25) is 5.91 Å². The Bertz CT molecular complexity index is 1100. The van der Waals surface area contributed by atoms with Crippen molar-refractivity contribution in [1.82, 2.24) is 0 Å². The molecule has 0 saturated carbocycles. The van der Waals surface area contributed by atoms with Gasteiger partial charge in [0.15, 0.2) is 0 Å². The quantitative estimate of drug-likeness (QED) is 0.362. The number of nitro groups is 1. The van der Waals surface area contributed by atoms with Gasteiger partial charge in [0.1, 0.15) is 9.58 Å². The van der Waals surface area contributed by atoms with E-state index in [-0.39, 0.29) is 21.5 Å². The van der Waals surface area contributed by atoms with Crippen LogP contribution < -0.4 is 10.6 Å². The van der Waals surface area contributed by atoms with E-state index in [2.05, 4.69) is 10.6 Å². The molecule has 29 heavy (non-hydrogen) atoms. The largest absolute Gasteiger partial charge is 0.326 e. The standard InChI is InChI=1S/C20H18ClN3O4S/c1-2-3-10-16(25)22-12-6-4-7-13(11-12)23-20(26)19-17(21)14-8-5-9-15(24(27)28)18(14)29-19/h4-9,11H,2-3,10H2,1H3,(H,22,25)(H,23,26). The minimum Gasteiger partial charge on any atom is -0.326 e. The van der Waals surface area contributed by atoms with E-state index in [1.165, 1.54) is 12.1 Å². The lowest BCUT2D eigenvalue weighted by molar-refractivity contribution is -0.382. The summed E-state index contributed by atoms with van der Waals surface area (Å²) in [6.45, 7) is 2.01. The molecule has 0 saturated heterocycles. The summed E-state index contributed by atoms with van der Waals surface area (Å²) >= 11 is 7.29. The molecule has 9 heteroatoms. The summed E-state index contributed by atoms with van der Waals surface area (Å²) in [5.74, 6) is -0.560. The van der Waals surface area contributed by atoms with E-state index in [1.54, 1.807) is 30.3 Å². The number of fused-ring (bicyclic) bond motifs is 1. The number of rotatable bonds is 7. The predicted molar refractivity (Wildman–Crippen MR) is 116 cm³/mol. The van der Waals surface area contributed by atoms with E-state index in [0.29, 0.717) is 27.9 Å². The Labute approximate surface area is 175 Å². The van der Waals surface area contributed by atoms with Crippen molar-refractivity contribution in [3.63, 3.8) is 0 Å². The van der Waals surface area contributed by atoms with Crippen LogP contribution >= 0.6 is 22.9 Å². The molecule has 2 aromatic carbocycles. The van der Waals surface area contributed by atoms with Gasteiger partial charge in [-0.3, -0.25) is 19.7 Å². The first-order valence-electron chi connectivity index (χ1n) is 8.97. The van der Waals surface area contributed by atoms with Crippen LogP contribution in [0.2, 0.25) is 5.02 Å². The average molecular weight is 432 g/mol. The second kappa shape index (κ2) is 9.02. The minimum absolute atomic E-state index is 0.0878. The first kappa shape index (κ1) is 20.8. The van der Waals surface area contributed by atoms with Gasteiger partial charge in [-0.05, 0) is 24.6 Å². The molecule has 0 atom stereocenters. The summed E-state index contributed by atoms with van der Waals surface area (Å²) in [7, 11) is 0. The van der Waals surface area contributed by atoms with Gasteiger partial charge in [-0.2, -0.15) is 0 Å². The summed E-state index contributed by atoms with van der Waals surface area (Å²) in [5, 5.41) is 17.4. The molecular formula is C20H18ClN3O4S. The third-order valence-corrected chi connectivity index (χ3v) is 5.93. The third-order valence-electron chi connectivity index (χ3n) is 4.20. The zero-order valence-corrected chi connectivity index (χ0v) is 17.1. The molecule has 0 fully saturated rings. The first-order chi connectivity index (χ1) is 13.9. The van der Waals surface area contributed by atoms with Crippen molar-refractivity contribution in [2.45, 2.75) is 26.2 Å². The highest BCUT2D eigenvalue weighted by Gasteiger charge is 2.22. The molecule has 0 unspecified atom stereocenters. The summed E-state index contributed by atoms with van der Waals surface area (Å²) in [6.07, 6.45) is 2.17. The zero-order valence-electron chi connectivity index (χ0n) is 15.5. The van der Waals surface area contributed by atoms with Gasteiger partial charge < -0.3 is 10.6 Å². The second-order valence-corrected chi connectivity index (χ2v) is 7.74. The maximum atomic E-state index is 12.7. The lowest BCUT2D eigenvalue weighted by atomic mass is 10.2. The number of thiophene rings is 1. The highest BCUT2D eigenvalue weighted by Crippen LogP contribution is 2.40. The second-order valence-electron chi connectivity index (χ2n) is 6.34. The molecule has 0 aliphatic heterocycles. The number of unbranched alkanes of at least 4 members (excludes halogenated alkanes) is 1. The van der Waals surface area contributed by atoms with Gasteiger partial charge in [0, 0.05) is 29.2 Å². The Morgan fingerprint density at radius 1 is 1.14 bits per heavy atom. The number of non-ortho nitro benzene ring substituents is 1. The molecule has 3 rings (SSSR count). The number of nitrogens with one attached hydrogen (secondary N) is 2. The number of anilines is 2. The topological polar surface area (TPSA) is 101 Å². The fourth-order valence-corrected chi connectivity index (χ4v) is 4.28. The molecule has 150 valence electrons. The molecule has 2 amide bonds. The number of halogens is 1. The van der Waals surface area contributed by atoms with Crippen molar-refractivity contribution in [3.8, 4) is 0 Å². The SMILES string of the molecule is CCCCC(=O)Nc1cccc(NC(=O)c2sc3c([N+](=O)[O-])cccc3c2Cl)c1. The summed E-state index contributed by atoms with van der Waals surface area (Å²) in [4.78, 5) is 35.5. The smallest absolute Gasteiger partial charge is 0.287 e. The van der Waals surface area contributed by atoms with E-state index in [0.717, 1.165) is 24.2 Å². The summed E-state index contributed by atoms with van der Waals surface area (Å²) in [6, 6.07) is 11.3. The minimum atomic E-state index is -0.498. The lowest BCUT2D eigenvalue weighted by Gasteiger charge is -2.08. The van der Waals surface area contributed by atoms with Gasteiger partial charge in [0.05, 0.1) is 9.95 Å². The van der Waals surface area contributed by atoms with E-state index >= 15 is 0 Å². The highest BCUT2D eigenvalue weighted by molar-refractivity contribution is 7.22. The van der Waals surface area contributed by atoms with Gasteiger partial charge in [0.25, 0.3) is 11.6 Å². The molecule has 0 bridgehead atoms. The fourth-order valence-electron chi connectivity index (χ4n) is 2.79. The maximum Gasteiger partial charge on any atom is 0.287 e. The number of carbonyl (C=O) groups is 2. The van der Waals surface area contributed by atoms with Crippen LogP contribution in [0.4, 0.5) is 17.1 Å². The molecule has 1 aromatic heterocycles. The Morgan fingerprint density at radius 3 is 2.52 bits per heavy atom. The Kier molecular flexibility index (Phi) is 6.46. The number of nitro benzene ring substituents is 1. The normalized spacial score (nSPS) is 10.7. The van der Waals surface area contributed by atoms with Gasteiger partial charge in [-0.1, -0.05) is 43.1 Å². The van der Waals surface area contributed by atoms with Gasteiger partial charge in [-0.15, -0.1) is 11.3 Å². The van der Waals surface area contributed by atoms with Crippen molar-refractivity contribution < 1.29 is 14.5 Å². The van der Waals surface area contributed by atoms with Crippen LogP contribution in [0.25, 0.3) is 10.1 Å². The van der Waals surface area contributed by atoms with Crippen LogP contribution in [0.5, 0.6) is 0 Å². The molecule has 0 aliphatic rings. The summed E-state index contributed by atoms with van der Waals surface area (Å²) < 4.78 is 0.351. The van der Waals surface area contributed by atoms with E-state index in [9.17, 15) is 19.7 Å². The maximum absolute atomic E-state index is 12.7. The Hall–Kier alpha value is -2.97. The monoisotopic (exact) mass is 431 g/mol. The zero-order chi connectivity index (χ0) is 21.0. The number of amides is 2. The number of hydrogen-bond acceptors (Lipinski definition) is 5. The van der Waals surface area contributed by atoms with Crippen molar-refractivity contribution >= 4 is 61.9 Å². The molecule has 3 aromatic rings. The van der Waals surface area contributed by atoms with E-state index in [4.69, 9.17) is 11.6 Å². The number of nitrogens with zero attached hydrogens (tertiary/aromatic N) is 1. The lowest BCUT2D eigenvalue weighted by Crippen LogP contribution is -2.13. The summed E-state index contributed by atoms with van der Waals surface area (Å²) in [5.41, 5.74) is 0.957. The highest BCUT2D eigenvalue weighted by atomic mass is 35.5. The third kappa shape index (κ3) is 4.72. The molecular weight excluding hydrogens is 414 g/mol. The first-order valence-corrected chi connectivity index (χ1v) is 10.2. The molecule has 1 heterocycles. The Balaban J connectivity index is 1.81. The van der Waals surface area contributed by atoms with Crippen molar-refractivity contribution in [3.05, 3.63) is 62.5 Å². The molecule has 0 radical (unpaired) electrons. The number of hydrogen-bond donors (Lipinski definition) is 2. The molecule has 2 N–H and O–H groups in total. The fraction of sp³-hybridized carbons (Fsp3) is 0.200. The van der Waals surface area contributed by atoms with Crippen LogP contribution in [-0.4, -0.2) is 16.7 Å². The molecule has 7 nitrogen and oxygen atoms in total. The van der Waals surface area contributed by atoms with Crippen LogP contribution in [0.15, 0.2) is 42.5 Å². The molecule has 0 spiro atoms. The Morgan fingerprint density at radius 2 is 1.83 bits per heavy atom. The average Bonchev–Trinajstić information content (AvgIpc) is 3.03. The van der Waals surface area contributed by atoms with Crippen LogP contribution in [0, 0.1) is 10.1 Å². The number of carbonyl (C=O) groups excluding carboxylic acids is 2. The van der Waals surface area contributed by atoms with Crippen LogP contribution in [0.3, 0.4) is 0 Å². The predicted octanol–water partition coefficient (Wildman–Crippen LogP) is 5.84. The van der Waals surface area contributed by atoms with Crippen molar-refractivity contribution in [2.24, 2.45) is 0 Å². The van der Waals surface area contributed by atoms with Gasteiger partial charge in [-0.25, -0.2) is 0 Å². The van der Waals surface area contributed by atoms with Crippen LogP contribution in [-0.2, 0) is 4.79 Å².